The van der Waals surface area contributed by atoms with Crippen LogP contribution in [-0.4, -0.2) is 40.2 Å². The molecule has 2 heterocycles. The van der Waals surface area contributed by atoms with Crippen molar-refractivity contribution < 1.29 is 14.3 Å². The highest BCUT2D eigenvalue weighted by molar-refractivity contribution is 5.95. The van der Waals surface area contributed by atoms with E-state index < -0.39 is 5.91 Å². The molecule has 0 atom stereocenters. The Kier molecular flexibility index (Phi) is 6.08. The number of hydrogen-bond acceptors (Lipinski definition) is 5. The molecule has 1 aromatic heterocycles. The molecule has 0 bridgehead atoms. The molecule has 2 aromatic rings. The third-order valence-electron chi connectivity index (χ3n) is 4.64. The van der Waals surface area contributed by atoms with Crippen LogP contribution in [0.25, 0.3) is 0 Å². The Bertz CT molecular complexity index is 851. The van der Waals surface area contributed by atoms with Crippen molar-refractivity contribution in [2.24, 2.45) is 11.7 Å². The molecule has 0 saturated carbocycles. The summed E-state index contributed by atoms with van der Waals surface area (Å²) >= 11 is 0. The molecular weight excluding hydrogens is 358 g/mol. The van der Waals surface area contributed by atoms with E-state index in [1.165, 1.54) is 0 Å². The van der Waals surface area contributed by atoms with Gasteiger partial charge in [0.25, 0.3) is 0 Å². The van der Waals surface area contributed by atoms with Gasteiger partial charge in [-0.25, -0.2) is 4.79 Å². The third kappa shape index (κ3) is 4.76. The summed E-state index contributed by atoms with van der Waals surface area (Å²) in [5.41, 5.74) is 7.81. The SMILES string of the molecule is CC(C)CCOc1ccc(NC(=O)N2CCc3c(cccc3C(N)=O)C2)nn1. The number of fused-ring (bicyclic) bond motifs is 1. The van der Waals surface area contributed by atoms with Crippen molar-refractivity contribution in [3.8, 4) is 5.88 Å². The first-order valence-electron chi connectivity index (χ1n) is 9.37. The average Bonchev–Trinajstić information content (AvgIpc) is 2.68. The molecule has 1 aliphatic heterocycles. The van der Waals surface area contributed by atoms with Gasteiger partial charge < -0.3 is 15.4 Å². The van der Waals surface area contributed by atoms with Crippen LogP contribution in [-0.2, 0) is 13.0 Å². The number of nitrogens with zero attached hydrogens (tertiary/aromatic N) is 3. The van der Waals surface area contributed by atoms with Gasteiger partial charge in [-0.05, 0) is 42.0 Å². The second-order valence-corrected chi connectivity index (χ2v) is 7.20. The Balaban J connectivity index is 1.58. The number of ether oxygens (including phenoxy) is 1. The number of benzene rings is 1. The van der Waals surface area contributed by atoms with Gasteiger partial charge in [-0.1, -0.05) is 26.0 Å². The number of rotatable bonds is 6. The first kappa shape index (κ1) is 19.6. The molecular formula is C20H25N5O3. The predicted octanol–water partition coefficient (Wildman–Crippen LogP) is 2.59. The van der Waals surface area contributed by atoms with E-state index in [9.17, 15) is 9.59 Å². The van der Waals surface area contributed by atoms with E-state index in [0.29, 0.717) is 49.3 Å². The fourth-order valence-electron chi connectivity index (χ4n) is 3.07. The van der Waals surface area contributed by atoms with Gasteiger partial charge in [0, 0.05) is 24.7 Å². The van der Waals surface area contributed by atoms with Crippen LogP contribution in [0.3, 0.4) is 0 Å². The minimum absolute atomic E-state index is 0.266. The Morgan fingerprint density at radius 3 is 2.75 bits per heavy atom. The molecule has 8 nitrogen and oxygen atoms in total. The van der Waals surface area contributed by atoms with Gasteiger partial charge in [0.05, 0.1) is 6.61 Å². The number of carbonyl (C=O) groups is 2. The van der Waals surface area contributed by atoms with E-state index in [1.807, 2.05) is 6.07 Å². The molecule has 0 radical (unpaired) electrons. The number of primary amides is 1. The van der Waals surface area contributed by atoms with Crippen molar-refractivity contribution in [2.75, 3.05) is 18.5 Å². The van der Waals surface area contributed by atoms with Crippen molar-refractivity contribution in [1.82, 2.24) is 15.1 Å². The Hall–Kier alpha value is -3.16. The lowest BCUT2D eigenvalue weighted by Crippen LogP contribution is -2.39. The van der Waals surface area contributed by atoms with Crippen molar-refractivity contribution in [3.05, 3.63) is 47.0 Å². The quantitative estimate of drug-likeness (QED) is 0.796. The molecule has 8 heteroatoms. The summed E-state index contributed by atoms with van der Waals surface area (Å²) in [7, 11) is 0. The number of nitrogens with two attached hydrogens (primary N) is 1. The maximum atomic E-state index is 12.6. The highest BCUT2D eigenvalue weighted by Crippen LogP contribution is 2.23. The van der Waals surface area contributed by atoms with E-state index in [2.05, 4.69) is 29.4 Å². The minimum Gasteiger partial charge on any atom is -0.477 e. The molecule has 148 valence electrons. The fourth-order valence-corrected chi connectivity index (χ4v) is 3.07. The van der Waals surface area contributed by atoms with E-state index in [4.69, 9.17) is 10.5 Å². The topological polar surface area (TPSA) is 110 Å². The zero-order valence-electron chi connectivity index (χ0n) is 16.1. The summed E-state index contributed by atoms with van der Waals surface area (Å²) in [6, 6.07) is 8.50. The van der Waals surface area contributed by atoms with Crippen LogP contribution >= 0.6 is 0 Å². The second kappa shape index (κ2) is 8.69. The van der Waals surface area contributed by atoms with E-state index in [1.54, 1.807) is 29.2 Å². The molecule has 0 aliphatic carbocycles. The minimum atomic E-state index is -0.444. The number of carbonyl (C=O) groups excluding carboxylic acids is 2. The zero-order chi connectivity index (χ0) is 20.1. The van der Waals surface area contributed by atoms with Crippen LogP contribution in [0.4, 0.5) is 10.6 Å². The number of hydrogen-bond donors (Lipinski definition) is 2. The van der Waals surface area contributed by atoms with Gasteiger partial charge in [0.2, 0.25) is 11.8 Å². The van der Waals surface area contributed by atoms with Crippen molar-refractivity contribution in [2.45, 2.75) is 33.2 Å². The van der Waals surface area contributed by atoms with Gasteiger partial charge in [0.1, 0.15) is 0 Å². The first-order valence-corrected chi connectivity index (χ1v) is 9.37. The lowest BCUT2D eigenvalue weighted by Gasteiger charge is -2.29. The van der Waals surface area contributed by atoms with E-state index >= 15 is 0 Å². The number of anilines is 1. The van der Waals surface area contributed by atoms with Crippen LogP contribution in [0.2, 0.25) is 0 Å². The maximum Gasteiger partial charge on any atom is 0.323 e. The Morgan fingerprint density at radius 2 is 2.07 bits per heavy atom. The molecule has 3 amide bonds. The summed E-state index contributed by atoms with van der Waals surface area (Å²) in [5, 5.41) is 10.7. The summed E-state index contributed by atoms with van der Waals surface area (Å²) < 4.78 is 5.53. The molecule has 3 N–H and O–H groups in total. The van der Waals surface area contributed by atoms with E-state index in [-0.39, 0.29) is 6.03 Å². The van der Waals surface area contributed by atoms with Crippen LogP contribution in [0, 0.1) is 5.92 Å². The zero-order valence-corrected chi connectivity index (χ0v) is 16.1. The second-order valence-electron chi connectivity index (χ2n) is 7.20. The fraction of sp³-hybridized carbons (Fsp3) is 0.400. The molecule has 0 spiro atoms. The maximum absolute atomic E-state index is 12.6. The summed E-state index contributed by atoms with van der Waals surface area (Å²) in [5.74, 6) is 0.906. The number of amides is 3. The van der Waals surface area contributed by atoms with Crippen LogP contribution < -0.4 is 15.8 Å². The van der Waals surface area contributed by atoms with Crippen LogP contribution in [0.15, 0.2) is 30.3 Å². The smallest absolute Gasteiger partial charge is 0.323 e. The number of aromatic nitrogens is 2. The predicted molar refractivity (Wildman–Crippen MR) is 105 cm³/mol. The molecule has 0 unspecified atom stereocenters. The highest BCUT2D eigenvalue weighted by atomic mass is 16.5. The molecule has 1 aliphatic rings. The van der Waals surface area contributed by atoms with Crippen molar-refractivity contribution in [1.29, 1.82) is 0 Å². The lowest BCUT2D eigenvalue weighted by atomic mass is 9.94. The summed E-state index contributed by atoms with van der Waals surface area (Å²) in [6.45, 7) is 5.74. The third-order valence-corrected chi connectivity index (χ3v) is 4.64. The van der Waals surface area contributed by atoms with Gasteiger partial charge in [-0.2, -0.15) is 0 Å². The first-order chi connectivity index (χ1) is 13.4. The van der Waals surface area contributed by atoms with E-state index in [0.717, 1.165) is 17.5 Å². The van der Waals surface area contributed by atoms with Gasteiger partial charge in [-0.3, -0.25) is 10.1 Å². The Labute approximate surface area is 164 Å². The normalized spacial score (nSPS) is 13.2. The molecule has 3 rings (SSSR count). The number of urea groups is 1. The van der Waals surface area contributed by atoms with Gasteiger partial charge >= 0.3 is 6.03 Å². The van der Waals surface area contributed by atoms with Crippen molar-refractivity contribution in [3.63, 3.8) is 0 Å². The standard InChI is InChI=1S/C20H25N5O3/c1-13(2)9-11-28-18-7-6-17(23-24-18)22-20(27)25-10-8-15-14(12-25)4-3-5-16(15)19(21)26/h3-7,13H,8-12H2,1-2H3,(H2,21,26)(H,22,23,27). The largest absolute Gasteiger partial charge is 0.477 e. The molecule has 0 saturated heterocycles. The molecule has 1 aromatic carbocycles. The number of nitrogens with one attached hydrogen (secondary N) is 1. The van der Waals surface area contributed by atoms with Crippen molar-refractivity contribution >= 4 is 17.8 Å². The molecule has 28 heavy (non-hydrogen) atoms. The van der Waals surface area contributed by atoms with Crippen LogP contribution in [0.5, 0.6) is 5.88 Å². The van der Waals surface area contributed by atoms with Gasteiger partial charge in [0.15, 0.2) is 5.82 Å². The van der Waals surface area contributed by atoms with Gasteiger partial charge in [-0.15, -0.1) is 10.2 Å². The highest BCUT2D eigenvalue weighted by Gasteiger charge is 2.24. The molecule has 0 fully saturated rings. The Morgan fingerprint density at radius 1 is 1.25 bits per heavy atom. The summed E-state index contributed by atoms with van der Waals surface area (Å²) in [6.07, 6.45) is 1.52. The summed E-state index contributed by atoms with van der Waals surface area (Å²) in [4.78, 5) is 25.8. The lowest BCUT2D eigenvalue weighted by molar-refractivity contribution is 0.0999. The monoisotopic (exact) mass is 383 g/mol. The van der Waals surface area contributed by atoms with Crippen LogP contribution in [0.1, 0.15) is 41.8 Å². The average molecular weight is 383 g/mol.